The molecule has 2 rings (SSSR count). The summed E-state index contributed by atoms with van der Waals surface area (Å²) in [6, 6.07) is 17.3. The number of hydrogen-bond donors (Lipinski definition) is 0. The number of hydrogen-bond acceptors (Lipinski definition) is 0. The van der Waals surface area contributed by atoms with Gasteiger partial charge in [0.05, 0.1) is 0 Å². The Labute approximate surface area is 116 Å². The van der Waals surface area contributed by atoms with Crippen LogP contribution in [0.1, 0.15) is 42.0 Å². The summed E-state index contributed by atoms with van der Waals surface area (Å²) in [7, 11) is 0. The third-order valence-electron chi connectivity index (χ3n) is 3.51. The van der Waals surface area contributed by atoms with Gasteiger partial charge in [-0.1, -0.05) is 60.2 Å². The molecule has 1 unspecified atom stereocenters. The van der Waals surface area contributed by atoms with E-state index in [0.717, 1.165) is 0 Å². The van der Waals surface area contributed by atoms with Gasteiger partial charge in [-0.3, -0.25) is 0 Å². The molecule has 0 amide bonds. The summed E-state index contributed by atoms with van der Waals surface area (Å²) in [6.45, 7) is 8.75. The Morgan fingerprint density at radius 1 is 0.842 bits per heavy atom. The second kappa shape index (κ2) is 5.88. The van der Waals surface area contributed by atoms with Gasteiger partial charge in [0.15, 0.2) is 0 Å². The van der Waals surface area contributed by atoms with Crippen LogP contribution in [0.25, 0.3) is 0 Å². The molecule has 0 heteroatoms. The summed E-state index contributed by atoms with van der Waals surface area (Å²) >= 11 is 0. The van der Waals surface area contributed by atoms with Gasteiger partial charge >= 0.3 is 0 Å². The van der Waals surface area contributed by atoms with E-state index in [0.29, 0.717) is 5.92 Å². The van der Waals surface area contributed by atoms with Crippen LogP contribution in [0.15, 0.2) is 60.2 Å². The highest BCUT2D eigenvalue weighted by molar-refractivity contribution is 5.45. The molecule has 0 spiro atoms. The fraction of sp³-hybridized carbons (Fsp3) is 0.263. The number of benzene rings is 2. The Hall–Kier alpha value is -1.82. The number of aryl methyl sites for hydroxylation is 2. The smallest absolute Gasteiger partial charge is 0.0277 e. The van der Waals surface area contributed by atoms with E-state index in [9.17, 15) is 0 Å². The van der Waals surface area contributed by atoms with Gasteiger partial charge in [-0.15, -0.1) is 0 Å². The van der Waals surface area contributed by atoms with E-state index in [-0.39, 0.29) is 0 Å². The molecule has 0 aliphatic heterocycles. The maximum absolute atomic E-state index is 2.37. The second-order valence-corrected chi connectivity index (χ2v) is 5.44. The minimum absolute atomic E-state index is 0.354. The van der Waals surface area contributed by atoms with Crippen LogP contribution in [0.3, 0.4) is 0 Å². The summed E-state index contributed by atoms with van der Waals surface area (Å²) < 4.78 is 0. The molecule has 2 aromatic carbocycles. The van der Waals surface area contributed by atoms with Gasteiger partial charge in [0.1, 0.15) is 0 Å². The average molecular weight is 250 g/mol. The fourth-order valence-corrected chi connectivity index (χ4v) is 2.66. The van der Waals surface area contributed by atoms with Crippen molar-refractivity contribution in [3.05, 3.63) is 82.4 Å². The highest BCUT2D eigenvalue weighted by Gasteiger charge is 2.15. The average Bonchev–Trinajstić information content (AvgIpc) is 2.38. The summed E-state index contributed by atoms with van der Waals surface area (Å²) in [5.41, 5.74) is 6.89. The van der Waals surface area contributed by atoms with Crippen molar-refractivity contribution in [1.82, 2.24) is 0 Å². The lowest BCUT2D eigenvalue weighted by Gasteiger charge is -2.20. The topological polar surface area (TPSA) is 0 Å². The van der Waals surface area contributed by atoms with Crippen LogP contribution in [-0.4, -0.2) is 0 Å². The molecule has 2 aromatic rings. The first-order valence-corrected chi connectivity index (χ1v) is 6.85. The molecule has 0 aromatic heterocycles. The minimum Gasteiger partial charge on any atom is -0.0795 e. The van der Waals surface area contributed by atoms with Gasteiger partial charge in [-0.2, -0.15) is 0 Å². The lowest BCUT2D eigenvalue weighted by Crippen LogP contribution is -2.03. The molecule has 0 fully saturated rings. The van der Waals surface area contributed by atoms with Crippen LogP contribution in [0.2, 0.25) is 0 Å². The van der Waals surface area contributed by atoms with Gasteiger partial charge in [-0.25, -0.2) is 0 Å². The highest BCUT2D eigenvalue weighted by Crippen LogP contribution is 2.31. The predicted molar refractivity (Wildman–Crippen MR) is 83.6 cm³/mol. The van der Waals surface area contributed by atoms with Gasteiger partial charge in [-0.05, 0) is 49.9 Å². The normalized spacial score (nSPS) is 12.0. The summed E-state index contributed by atoms with van der Waals surface area (Å²) in [5.74, 6) is 0.354. The maximum Gasteiger partial charge on any atom is 0.0277 e. The van der Waals surface area contributed by atoms with Crippen molar-refractivity contribution in [2.24, 2.45) is 0 Å². The molecule has 1 atom stereocenters. The maximum atomic E-state index is 2.37. The summed E-state index contributed by atoms with van der Waals surface area (Å²) in [4.78, 5) is 0. The van der Waals surface area contributed by atoms with E-state index in [1.807, 2.05) is 0 Å². The van der Waals surface area contributed by atoms with E-state index >= 15 is 0 Å². The Morgan fingerprint density at radius 2 is 1.42 bits per heavy atom. The molecular weight excluding hydrogens is 228 g/mol. The molecule has 98 valence electrons. The first kappa shape index (κ1) is 13.6. The van der Waals surface area contributed by atoms with Gasteiger partial charge in [0.2, 0.25) is 0 Å². The summed E-state index contributed by atoms with van der Waals surface area (Å²) in [5, 5.41) is 0. The molecule has 19 heavy (non-hydrogen) atoms. The predicted octanol–water partition coefficient (Wildman–Crippen LogP) is 5.40. The largest absolute Gasteiger partial charge is 0.0795 e. The van der Waals surface area contributed by atoms with E-state index < -0.39 is 0 Å². The van der Waals surface area contributed by atoms with E-state index in [2.05, 4.69) is 82.3 Å². The first-order valence-electron chi connectivity index (χ1n) is 6.85. The molecule has 0 saturated heterocycles. The SMILES string of the molecule is CC(C)=CC(c1ccccc1)c1c(C)cccc1C. The molecule has 0 bridgehead atoms. The van der Waals surface area contributed by atoms with Crippen LogP contribution in [0.5, 0.6) is 0 Å². The zero-order valence-electron chi connectivity index (χ0n) is 12.3. The summed E-state index contributed by atoms with van der Waals surface area (Å²) in [6.07, 6.45) is 2.37. The molecule has 0 N–H and O–H groups in total. The number of rotatable bonds is 3. The van der Waals surface area contributed by atoms with Crippen molar-refractivity contribution in [2.75, 3.05) is 0 Å². The van der Waals surface area contributed by atoms with E-state index in [1.54, 1.807) is 0 Å². The molecule has 0 radical (unpaired) electrons. The third-order valence-corrected chi connectivity index (χ3v) is 3.51. The van der Waals surface area contributed by atoms with Crippen molar-refractivity contribution in [1.29, 1.82) is 0 Å². The molecule has 0 aliphatic carbocycles. The van der Waals surface area contributed by atoms with Crippen molar-refractivity contribution in [2.45, 2.75) is 33.6 Å². The first-order chi connectivity index (χ1) is 9.09. The van der Waals surface area contributed by atoms with Gasteiger partial charge < -0.3 is 0 Å². The quantitative estimate of drug-likeness (QED) is 0.640. The van der Waals surface area contributed by atoms with Crippen molar-refractivity contribution in [3.8, 4) is 0 Å². The Morgan fingerprint density at radius 3 is 1.95 bits per heavy atom. The molecular formula is C19H22. The van der Waals surface area contributed by atoms with E-state index in [4.69, 9.17) is 0 Å². The lowest BCUT2D eigenvalue weighted by molar-refractivity contribution is 0.974. The van der Waals surface area contributed by atoms with Gasteiger partial charge in [0.25, 0.3) is 0 Å². The fourth-order valence-electron chi connectivity index (χ4n) is 2.66. The molecule has 0 nitrogen and oxygen atoms in total. The zero-order valence-corrected chi connectivity index (χ0v) is 12.3. The minimum atomic E-state index is 0.354. The van der Waals surface area contributed by atoms with Crippen molar-refractivity contribution < 1.29 is 0 Å². The second-order valence-electron chi connectivity index (χ2n) is 5.44. The Bertz CT molecular complexity index is 552. The molecule has 0 saturated carbocycles. The Balaban J connectivity index is 2.60. The van der Waals surface area contributed by atoms with Crippen molar-refractivity contribution >= 4 is 0 Å². The zero-order chi connectivity index (χ0) is 13.8. The van der Waals surface area contributed by atoms with Crippen LogP contribution in [0, 0.1) is 13.8 Å². The molecule has 0 aliphatic rings. The highest BCUT2D eigenvalue weighted by atomic mass is 14.2. The molecule has 0 heterocycles. The Kier molecular flexibility index (Phi) is 4.21. The number of allylic oxidation sites excluding steroid dienone is 2. The van der Waals surface area contributed by atoms with E-state index in [1.165, 1.54) is 27.8 Å². The van der Waals surface area contributed by atoms with Crippen LogP contribution in [0.4, 0.5) is 0 Å². The van der Waals surface area contributed by atoms with Crippen LogP contribution in [-0.2, 0) is 0 Å². The van der Waals surface area contributed by atoms with Crippen LogP contribution >= 0.6 is 0 Å². The van der Waals surface area contributed by atoms with Crippen LogP contribution < -0.4 is 0 Å². The van der Waals surface area contributed by atoms with Crippen molar-refractivity contribution in [3.63, 3.8) is 0 Å². The lowest BCUT2D eigenvalue weighted by atomic mass is 9.84. The third kappa shape index (κ3) is 3.14. The monoisotopic (exact) mass is 250 g/mol. The standard InChI is InChI=1S/C19H22/c1-14(2)13-18(17-11-6-5-7-12-17)19-15(3)9-8-10-16(19)4/h5-13,18H,1-4H3. The van der Waals surface area contributed by atoms with Gasteiger partial charge in [0, 0.05) is 5.92 Å².